The summed E-state index contributed by atoms with van der Waals surface area (Å²) in [7, 11) is 0. The molecule has 2 fully saturated rings. The molecule has 0 radical (unpaired) electrons. The molecule has 0 heterocycles. The lowest BCUT2D eigenvalue weighted by Crippen LogP contribution is -2.34. The van der Waals surface area contributed by atoms with Crippen molar-refractivity contribution in [3.63, 3.8) is 0 Å². The summed E-state index contributed by atoms with van der Waals surface area (Å²) in [5.74, 6) is 1.82. The van der Waals surface area contributed by atoms with E-state index in [-0.39, 0.29) is 31.3 Å². The van der Waals surface area contributed by atoms with Gasteiger partial charge in [0, 0.05) is 5.92 Å². The fraction of sp³-hybridized carbons (Fsp3) is 0.700. The van der Waals surface area contributed by atoms with Gasteiger partial charge in [0.1, 0.15) is 0 Å². The van der Waals surface area contributed by atoms with Crippen molar-refractivity contribution in [2.45, 2.75) is 110 Å². The molecule has 2 saturated carbocycles. The van der Waals surface area contributed by atoms with Gasteiger partial charge >= 0.3 is 11.9 Å². The molecule has 1 aromatic carbocycles. The summed E-state index contributed by atoms with van der Waals surface area (Å²) in [5, 5.41) is 18.5. The van der Waals surface area contributed by atoms with Gasteiger partial charge in [0.2, 0.25) is 0 Å². The molecule has 256 valence electrons. The molecule has 4 rings (SSSR count). The average Bonchev–Trinajstić information content (AvgIpc) is 3.11. The third kappa shape index (κ3) is 10.5. The van der Waals surface area contributed by atoms with E-state index in [1.165, 1.54) is 94.6 Å². The molecule has 6 nitrogen and oxygen atoms in total. The Morgan fingerprint density at radius 2 is 1.46 bits per heavy atom. The molecule has 0 amide bonds. The Bertz CT molecular complexity index is 1120. The van der Waals surface area contributed by atoms with Gasteiger partial charge < -0.3 is 19.7 Å². The van der Waals surface area contributed by atoms with Gasteiger partial charge in [0.25, 0.3) is 0 Å². The van der Waals surface area contributed by atoms with Crippen molar-refractivity contribution >= 4 is 17.5 Å². The summed E-state index contributed by atoms with van der Waals surface area (Å²) < 4.78 is 11.0. The fourth-order valence-corrected chi connectivity index (χ4v) is 8.26. The zero-order valence-electron chi connectivity index (χ0n) is 28.6. The normalized spacial score (nSPS) is 26.4. The maximum absolute atomic E-state index is 12.2. The monoisotopic (exact) mass is 636 g/mol. The van der Waals surface area contributed by atoms with Crippen molar-refractivity contribution in [2.75, 3.05) is 26.4 Å². The number of hydrogen-bond acceptors (Lipinski definition) is 6. The van der Waals surface area contributed by atoms with Gasteiger partial charge in [0.05, 0.1) is 37.9 Å². The summed E-state index contributed by atoms with van der Waals surface area (Å²) in [5.41, 5.74) is 4.46. The number of aliphatic hydroxyl groups is 2. The molecule has 46 heavy (non-hydrogen) atoms. The largest absolute Gasteiger partial charge is 0.465 e. The Labute approximate surface area is 278 Å². The first-order chi connectivity index (χ1) is 22.3. The van der Waals surface area contributed by atoms with Crippen LogP contribution in [0, 0.1) is 41.4 Å². The standard InChI is InChI=1S/C40H60O6/c1-4-5-6-7-30-8-10-31(11-9-30)32-12-14-33(15-13-32)34-16-18-35(19-17-34)36-20-22-37(23-21-36)38(26-45-39(43)28(2)24-41)27-46-40(44)29(3)25-42/h8-12,29,33-38,41-42H,2,4-7,13-27H2,1,3H3. The summed E-state index contributed by atoms with van der Waals surface area (Å²) >= 11 is 0. The zero-order valence-corrected chi connectivity index (χ0v) is 28.6. The first kappa shape index (κ1) is 36.4. The number of rotatable bonds is 16. The Morgan fingerprint density at radius 3 is 2.02 bits per heavy atom. The van der Waals surface area contributed by atoms with Gasteiger partial charge in [-0.05, 0) is 137 Å². The SMILES string of the molecule is C=C(CO)C(=O)OCC(COC(=O)C(C)CO)C1CCC(C2CCC(C3CC=C(c4ccc(CCCCC)cc4)CC3)CC2)CC1. The quantitative estimate of drug-likeness (QED) is 0.108. The summed E-state index contributed by atoms with van der Waals surface area (Å²) in [6.07, 6.45) is 21.2. The number of esters is 2. The van der Waals surface area contributed by atoms with Crippen LogP contribution in [0.25, 0.3) is 5.57 Å². The Kier molecular flexibility index (Phi) is 14.9. The maximum atomic E-state index is 12.2. The average molecular weight is 637 g/mol. The Balaban J connectivity index is 1.21. The van der Waals surface area contributed by atoms with E-state index in [0.29, 0.717) is 5.92 Å². The minimum absolute atomic E-state index is 0.0245. The van der Waals surface area contributed by atoms with E-state index in [0.717, 1.165) is 36.5 Å². The van der Waals surface area contributed by atoms with Crippen LogP contribution < -0.4 is 0 Å². The van der Waals surface area contributed by atoms with Crippen molar-refractivity contribution in [1.82, 2.24) is 0 Å². The molecule has 0 aliphatic heterocycles. The zero-order chi connectivity index (χ0) is 32.9. The van der Waals surface area contributed by atoms with Crippen LogP contribution in [0.4, 0.5) is 0 Å². The number of allylic oxidation sites excluding steroid dienone is 2. The van der Waals surface area contributed by atoms with Crippen LogP contribution in [-0.2, 0) is 25.5 Å². The van der Waals surface area contributed by atoms with Crippen molar-refractivity contribution in [2.24, 2.45) is 41.4 Å². The van der Waals surface area contributed by atoms with Gasteiger partial charge in [-0.2, -0.15) is 0 Å². The highest BCUT2D eigenvalue weighted by molar-refractivity contribution is 5.87. The van der Waals surface area contributed by atoms with Gasteiger partial charge in [-0.15, -0.1) is 0 Å². The number of benzene rings is 1. The highest BCUT2D eigenvalue weighted by Crippen LogP contribution is 2.46. The lowest BCUT2D eigenvalue weighted by Gasteiger charge is -2.41. The molecular formula is C40H60O6. The smallest absolute Gasteiger partial charge is 0.335 e. The van der Waals surface area contributed by atoms with Crippen molar-refractivity contribution in [3.8, 4) is 0 Å². The molecule has 3 aliphatic carbocycles. The second-order valence-electron chi connectivity index (χ2n) is 14.6. The Hall–Kier alpha value is -2.44. The summed E-state index contributed by atoms with van der Waals surface area (Å²) in [4.78, 5) is 24.4. The molecule has 3 unspecified atom stereocenters. The van der Waals surface area contributed by atoms with Gasteiger partial charge in [-0.1, -0.05) is 56.7 Å². The summed E-state index contributed by atoms with van der Waals surface area (Å²) in [6, 6.07) is 9.38. The van der Waals surface area contributed by atoms with E-state index in [1.54, 1.807) is 12.5 Å². The molecule has 0 spiro atoms. The molecule has 2 N–H and O–H groups in total. The van der Waals surface area contributed by atoms with E-state index in [2.05, 4.69) is 43.8 Å². The van der Waals surface area contributed by atoms with Crippen molar-refractivity contribution in [1.29, 1.82) is 0 Å². The molecular weight excluding hydrogens is 576 g/mol. The van der Waals surface area contributed by atoms with Gasteiger partial charge in [-0.25, -0.2) is 4.79 Å². The van der Waals surface area contributed by atoms with Gasteiger partial charge in [0.15, 0.2) is 0 Å². The van der Waals surface area contributed by atoms with Crippen LogP contribution in [0.2, 0.25) is 0 Å². The number of carbonyl (C=O) groups excluding carboxylic acids is 2. The molecule has 0 aromatic heterocycles. The lowest BCUT2D eigenvalue weighted by molar-refractivity contribution is -0.153. The highest BCUT2D eigenvalue weighted by atomic mass is 16.5. The van der Waals surface area contributed by atoms with Gasteiger partial charge in [-0.3, -0.25) is 4.79 Å². The summed E-state index contributed by atoms with van der Waals surface area (Å²) in [6.45, 7) is 7.07. The first-order valence-corrected chi connectivity index (χ1v) is 18.3. The van der Waals surface area contributed by atoms with E-state index >= 15 is 0 Å². The first-order valence-electron chi connectivity index (χ1n) is 18.3. The van der Waals surface area contributed by atoms with E-state index in [1.807, 2.05) is 0 Å². The fourth-order valence-electron chi connectivity index (χ4n) is 8.26. The van der Waals surface area contributed by atoms with Crippen LogP contribution in [0.15, 0.2) is 42.5 Å². The predicted molar refractivity (Wildman–Crippen MR) is 184 cm³/mol. The molecule has 3 aliphatic rings. The number of carbonyl (C=O) groups is 2. The number of aryl methyl sites for hydroxylation is 1. The minimum atomic E-state index is -0.607. The van der Waals surface area contributed by atoms with Crippen molar-refractivity contribution in [3.05, 3.63) is 53.6 Å². The minimum Gasteiger partial charge on any atom is -0.465 e. The molecule has 0 saturated heterocycles. The highest BCUT2D eigenvalue weighted by Gasteiger charge is 2.36. The van der Waals surface area contributed by atoms with Crippen LogP contribution in [0.5, 0.6) is 0 Å². The number of unbranched alkanes of at least 4 members (excludes halogenated alkanes) is 2. The van der Waals surface area contributed by atoms with E-state index in [9.17, 15) is 19.8 Å². The Morgan fingerprint density at radius 1 is 0.848 bits per heavy atom. The third-order valence-corrected chi connectivity index (χ3v) is 11.5. The van der Waals surface area contributed by atoms with Crippen LogP contribution in [0.1, 0.15) is 115 Å². The van der Waals surface area contributed by atoms with E-state index in [4.69, 9.17) is 9.47 Å². The number of ether oxygens (including phenoxy) is 2. The van der Waals surface area contributed by atoms with Crippen LogP contribution in [-0.4, -0.2) is 48.6 Å². The molecule has 3 atom stereocenters. The molecule has 0 bridgehead atoms. The van der Waals surface area contributed by atoms with Crippen LogP contribution >= 0.6 is 0 Å². The second kappa shape index (κ2) is 18.8. The predicted octanol–water partition coefficient (Wildman–Crippen LogP) is 8.10. The van der Waals surface area contributed by atoms with E-state index < -0.39 is 24.5 Å². The van der Waals surface area contributed by atoms with Crippen LogP contribution in [0.3, 0.4) is 0 Å². The number of hydrogen-bond donors (Lipinski definition) is 2. The maximum Gasteiger partial charge on any atom is 0.335 e. The van der Waals surface area contributed by atoms with Crippen molar-refractivity contribution < 1.29 is 29.3 Å². The third-order valence-electron chi connectivity index (χ3n) is 11.5. The number of aliphatic hydroxyl groups excluding tert-OH is 2. The molecule has 1 aromatic rings. The molecule has 6 heteroatoms. The second-order valence-corrected chi connectivity index (χ2v) is 14.6. The lowest BCUT2D eigenvalue weighted by atomic mass is 9.65. The topological polar surface area (TPSA) is 93.1 Å².